The number of amides is 2. The van der Waals surface area contributed by atoms with Gasteiger partial charge in [0.25, 0.3) is 0 Å². The predicted octanol–water partition coefficient (Wildman–Crippen LogP) is 3.47. The van der Waals surface area contributed by atoms with Gasteiger partial charge in [0.15, 0.2) is 5.76 Å². The molecule has 1 aliphatic rings. The van der Waals surface area contributed by atoms with Gasteiger partial charge in [0.1, 0.15) is 18.0 Å². The van der Waals surface area contributed by atoms with E-state index in [-0.39, 0.29) is 24.9 Å². The summed E-state index contributed by atoms with van der Waals surface area (Å²) >= 11 is 3.06. The van der Waals surface area contributed by atoms with Crippen LogP contribution in [0.25, 0.3) is 11.5 Å². The standard InChI is InChI=1S/C19H17N3O3S2/c1-12-21-14(10-26-12)16-7-6-13(25-16)8-20-18(23)9-22-15-4-2-3-5-17(15)27-11-19(22)24/h2-7,10H,8-9,11H2,1H3,(H,20,23). The zero-order chi connectivity index (χ0) is 18.8. The minimum absolute atomic E-state index is 0.00471. The van der Waals surface area contributed by atoms with E-state index < -0.39 is 0 Å². The fourth-order valence-corrected chi connectivity index (χ4v) is 4.34. The van der Waals surface area contributed by atoms with Crippen molar-refractivity contribution in [2.24, 2.45) is 0 Å². The second kappa shape index (κ2) is 7.58. The van der Waals surface area contributed by atoms with Crippen LogP contribution in [0.5, 0.6) is 0 Å². The largest absolute Gasteiger partial charge is 0.458 e. The van der Waals surface area contributed by atoms with Crippen LogP contribution in [0.3, 0.4) is 0 Å². The van der Waals surface area contributed by atoms with E-state index in [1.807, 2.05) is 48.7 Å². The lowest BCUT2D eigenvalue weighted by Gasteiger charge is -2.28. The molecule has 0 bridgehead atoms. The number of hydrogen-bond donors (Lipinski definition) is 1. The number of thiazole rings is 1. The van der Waals surface area contributed by atoms with E-state index in [2.05, 4.69) is 10.3 Å². The van der Waals surface area contributed by atoms with Gasteiger partial charge in [-0.15, -0.1) is 23.1 Å². The quantitative estimate of drug-likeness (QED) is 0.711. The lowest BCUT2D eigenvalue weighted by Crippen LogP contribution is -2.43. The molecule has 3 aromatic rings. The topological polar surface area (TPSA) is 75.4 Å². The zero-order valence-corrected chi connectivity index (χ0v) is 16.2. The van der Waals surface area contributed by atoms with Crippen LogP contribution in [0.4, 0.5) is 5.69 Å². The fraction of sp³-hybridized carbons (Fsp3) is 0.211. The van der Waals surface area contributed by atoms with Crippen LogP contribution in [0.1, 0.15) is 10.8 Å². The molecule has 2 amide bonds. The first-order valence-electron chi connectivity index (χ1n) is 8.40. The van der Waals surface area contributed by atoms with Gasteiger partial charge in [-0.2, -0.15) is 0 Å². The highest BCUT2D eigenvalue weighted by molar-refractivity contribution is 8.00. The Morgan fingerprint density at radius 1 is 1.30 bits per heavy atom. The van der Waals surface area contributed by atoms with E-state index in [9.17, 15) is 9.59 Å². The first-order chi connectivity index (χ1) is 13.1. The number of aromatic nitrogens is 1. The molecule has 2 aromatic heterocycles. The van der Waals surface area contributed by atoms with Crippen molar-refractivity contribution in [1.29, 1.82) is 0 Å². The number of aryl methyl sites for hydroxylation is 1. The number of thioether (sulfide) groups is 1. The maximum atomic E-state index is 12.4. The highest BCUT2D eigenvalue weighted by Crippen LogP contribution is 2.34. The molecule has 3 heterocycles. The van der Waals surface area contributed by atoms with Crippen molar-refractivity contribution in [2.75, 3.05) is 17.2 Å². The molecule has 27 heavy (non-hydrogen) atoms. The predicted molar refractivity (Wildman–Crippen MR) is 106 cm³/mol. The second-order valence-electron chi connectivity index (χ2n) is 6.03. The maximum Gasteiger partial charge on any atom is 0.240 e. The molecular weight excluding hydrogens is 382 g/mol. The number of benzene rings is 1. The van der Waals surface area contributed by atoms with Gasteiger partial charge in [0, 0.05) is 10.3 Å². The summed E-state index contributed by atoms with van der Waals surface area (Å²) in [4.78, 5) is 31.5. The number of hydrogen-bond acceptors (Lipinski definition) is 6. The molecule has 0 aliphatic carbocycles. The molecular formula is C19H17N3O3S2. The van der Waals surface area contributed by atoms with Gasteiger partial charge in [-0.25, -0.2) is 4.98 Å². The van der Waals surface area contributed by atoms with Crippen LogP contribution in [-0.4, -0.2) is 29.1 Å². The average Bonchev–Trinajstić information content (AvgIpc) is 3.31. The van der Waals surface area contributed by atoms with Crippen molar-refractivity contribution < 1.29 is 14.0 Å². The van der Waals surface area contributed by atoms with Crippen LogP contribution in [-0.2, 0) is 16.1 Å². The third kappa shape index (κ3) is 3.91. The molecule has 0 fully saturated rings. The van der Waals surface area contributed by atoms with Gasteiger partial charge in [0.05, 0.1) is 23.0 Å². The number of nitrogens with zero attached hydrogens (tertiary/aromatic N) is 2. The minimum atomic E-state index is -0.229. The van der Waals surface area contributed by atoms with Gasteiger partial charge < -0.3 is 14.6 Å². The number of para-hydroxylation sites is 1. The summed E-state index contributed by atoms with van der Waals surface area (Å²) in [7, 11) is 0. The van der Waals surface area contributed by atoms with Crippen molar-refractivity contribution in [3.05, 3.63) is 52.5 Å². The molecule has 0 unspecified atom stereocenters. The number of carbonyl (C=O) groups is 2. The van der Waals surface area contributed by atoms with Gasteiger partial charge in [-0.1, -0.05) is 12.1 Å². The Morgan fingerprint density at radius 2 is 2.15 bits per heavy atom. The zero-order valence-electron chi connectivity index (χ0n) is 14.6. The van der Waals surface area contributed by atoms with E-state index in [0.717, 1.165) is 21.3 Å². The summed E-state index contributed by atoms with van der Waals surface area (Å²) < 4.78 is 5.75. The van der Waals surface area contributed by atoms with Crippen LogP contribution >= 0.6 is 23.1 Å². The molecule has 0 spiro atoms. The monoisotopic (exact) mass is 399 g/mol. The fourth-order valence-electron chi connectivity index (χ4n) is 2.80. The molecule has 0 saturated carbocycles. The number of anilines is 1. The van der Waals surface area contributed by atoms with Crippen LogP contribution in [0.15, 0.2) is 51.1 Å². The Morgan fingerprint density at radius 3 is 2.96 bits per heavy atom. The number of fused-ring (bicyclic) bond motifs is 1. The van der Waals surface area contributed by atoms with Gasteiger partial charge in [0.2, 0.25) is 11.8 Å². The van der Waals surface area contributed by atoms with Gasteiger partial charge in [-0.3, -0.25) is 9.59 Å². The molecule has 1 aromatic carbocycles. The lowest BCUT2D eigenvalue weighted by molar-refractivity contribution is -0.123. The first kappa shape index (κ1) is 17.8. The third-order valence-electron chi connectivity index (χ3n) is 4.10. The minimum Gasteiger partial charge on any atom is -0.458 e. The summed E-state index contributed by atoms with van der Waals surface area (Å²) in [5.74, 6) is 1.38. The van der Waals surface area contributed by atoms with Crippen molar-refractivity contribution in [2.45, 2.75) is 18.4 Å². The molecule has 4 rings (SSSR count). The van der Waals surface area contributed by atoms with Crippen molar-refractivity contribution in [3.63, 3.8) is 0 Å². The molecule has 138 valence electrons. The van der Waals surface area contributed by atoms with Crippen molar-refractivity contribution in [3.8, 4) is 11.5 Å². The number of furan rings is 1. The maximum absolute atomic E-state index is 12.4. The molecule has 0 radical (unpaired) electrons. The van der Waals surface area contributed by atoms with E-state index >= 15 is 0 Å². The smallest absolute Gasteiger partial charge is 0.240 e. The molecule has 1 N–H and O–H groups in total. The van der Waals surface area contributed by atoms with Crippen molar-refractivity contribution >= 4 is 40.6 Å². The van der Waals surface area contributed by atoms with Gasteiger partial charge in [-0.05, 0) is 31.2 Å². The molecule has 0 atom stereocenters. The Kier molecular flexibility index (Phi) is 5.00. The Balaban J connectivity index is 1.38. The van der Waals surface area contributed by atoms with Crippen molar-refractivity contribution in [1.82, 2.24) is 10.3 Å². The number of carbonyl (C=O) groups excluding carboxylic acids is 2. The van der Waals surface area contributed by atoms with Crippen LogP contribution in [0, 0.1) is 6.92 Å². The molecule has 6 nitrogen and oxygen atoms in total. The SMILES string of the molecule is Cc1nc(-c2ccc(CNC(=O)CN3C(=O)CSc4ccccc43)o2)cs1. The summed E-state index contributed by atoms with van der Waals surface area (Å²) in [5.41, 5.74) is 1.58. The third-order valence-corrected chi connectivity index (χ3v) is 5.92. The summed E-state index contributed by atoms with van der Waals surface area (Å²) in [5, 5.41) is 5.73. The number of nitrogens with one attached hydrogen (secondary N) is 1. The normalized spacial score (nSPS) is 13.5. The highest BCUT2D eigenvalue weighted by Gasteiger charge is 2.26. The van der Waals surface area contributed by atoms with E-state index in [1.54, 1.807) is 11.3 Å². The molecule has 8 heteroatoms. The Labute approximate surface area is 164 Å². The van der Waals surface area contributed by atoms with Crippen LogP contribution in [0.2, 0.25) is 0 Å². The Bertz CT molecular complexity index is 996. The summed E-state index contributed by atoms with van der Waals surface area (Å²) in [6.07, 6.45) is 0. The summed E-state index contributed by atoms with van der Waals surface area (Å²) in [6, 6.07) is 11.3. The Hall–Kier alpha value is -2.58. The summed E-state index contributed by atoms with van der Waals surface area (Å²) in [6.45, 7) is 2.20. The van der Waals surface area contributed by atoms with Gasteiger partial charge >= 0.3 is 0 Å². The van der Waals surface area contributed by atoms with E-state index in [1.165, 1.54) is 16.7 Å². The van der Waals surface area contributed by atoms with E-state index in [0.29, 0.717) is 17.3 Å². The molecule has 0 saturated heterocycles. The number of rotatable bonds is 5. The highest BCUT2D eigenvalue weighted by atomic mass is 32.2. The average molecular weight is 399 g/mol. The van der Waals surface area contributed by atoms with E-state index in [4.69, 9.17) is 4.42 Å². The first-order valence-corrected chi connectivity index (χ1v) is 10.3. The van der Waals surface area contributed by atoms with Crippen LogP contribution < -0.4 is 10.2 Å². The lowest BCUT2D eigenvalue weighted by atomic mass is 10.2. The second-order valence-corrected chi connectivity index (χ2v) is 8.11. The molecule has 1 aliphatic heterocycles.